The Morgan fingerprint density at radius 3 is 2.83 bits per heavy atom. The minimum atomic E-state index is 1.25. The fourth-order valence-corrected chi connectivity index (χ4v) is 4.22. The molecule has 2 aromatic rings. The summed E-state index contributed by atoms with van der Waals surface area (Å²) >= 11 is 7.16. The Morgan fingerprint density at radius 1 is 1.33 bits per heavy atom. The normalized spacial score (nSPS) is 10.8. The van der Waals surface area contributed by atoms with Gasteiger partial charge in [-0.3, -0.25) is 0 Å². The van der Waals surface area contributed by atoms with E-state index in [0.29, 0.717) is 0 Å². The van der Waals surface area contributed by atoms with E-state index in [-0.39, 0.29) is 0 Å². The number of fused-ring (bicyclic) bond motifs is 1. The predicted molar refractivity (Wildman–Crippen MR) is 61.3 cm³/mol. The maximum atomic E-state index is 3.57. The molecule has 0 bridgehead atoms. The summed E-state index contributed by atoms with van der Waals surface area (Å²) < 4.78 is 2.60. The largest absolute Gasteiger partial charge is 0.127 e. The smallest absolute Gasteiger partial charge is 0.0846 e. The van der Waals surface area contributed by atoms with Crippen LogP contribution in [-0.4, -0.2) is 6.26 Å². The van der Waals surface area contributed by atoms with Crippen molar-refractivity contribution in [2.24, 2.45) is 0 Å². The van der Waals surface area contributed by atoms with E-state index in [9.17, 15) is 0 Å². The lowest BCUT2D eigenvalue weighted by Crippen LogP contribution is -1.65. The van der Waals surface area contributed by atoms with Crippen LogP contribution in [0.4, 0.5) is 0 Å². The van der Waals surface area contributed by atoms with Crippen LogP contribution in [0.15, 0.2) is 32.9 Å². The monoisotopic (exact) mass is 258 g/mol. The molecule has 0 aliphatic carbocycles. The molecule has 3 heteroatoms. The van der Waals surface area contributed by atoms with Gasteiger partial charge in [0, 0.05) is 15.0 Å². The maximum absolute atomic E-state index is 3.57. The molecule has 0 saturated heterocycles. The molecule has 0 N–H and O–H groups in total. The van der Waals surface area contributed by atoms with Gasteiger partial charge in [-0.1, -0.05) is 18.2 Å². The highest BCUT2D eigenvalue weighted by Crippen LogP contribution is 2.40. The summed E-state index contributed by atoms with van der Waals surface area (Å²) in [5.74, 6) is 0. The number of halogens is 1. The topological polar surface area (TPSA) is 0 Å². The van der Waals surface area contributed by atoms with Crippen molar-refractivity contribution in [3.8, 4) is 0 Å². The molecule has 0 aliphatic heterocycles. The molecule has 0 fully saturated rings. The van der Waals surface area contributed by atoms with Crippen LogP contribution < -0.4 is 0 Å². The van der Waals surface area contributed by atoms with E-state index in [1.165, 1.54) is 18.8 Å². The van der Waals surface area contributed by atoms with Crippen molar-refractivity contribution < 1.29 is 0 Å². The van der Waals surface area contributed by atoms with E-state index in [4.69, 9.17) is 0 Å². The minimum absolute atomic E-state index is 1.25. The van der Waals surface area contributed by atoms with Gasteiger partial charge in [0.25, 0.3) is 0 Å². The summed E-state index contributed by atoms with van der Waals surface area (Å²) in [5.41, 5.74) is 0. The second-order valence-electron chi connectivity index (χ2n) is 2.41. The number of rotatable bonds is 1. The molecule has 0 unspecified atom stereocenters. The van der Waals surface area contributed by atoms with Gasteiger partial charge in [-0.15, -0.1) is 23.1 Å². The molecule has 0 amide bonds. The molecule has 0 atom stereocenters. The van der Waals surface area contributed by atoms with Crippen molar-refractivity contribution in [2.75, 3.05) is 6.26 Å². The molecule has 62 valence electrons. The second kappa shape index (κ2) is 3.40. The summed E-state index contributed by atoms with van der Waals surface area (Å²) in [5, 5.41) is 1.36. The van der Waals surface area contributed by atoms with E-state index in [0.717, 1.165) is 0 Å². The summed E-state index contributed by atoms with van der Waals surface area (Å²) in [6, 6.07) is 8.49. The Kier molecular flexibility index (Phi) is 2.44. The van der Waals surface area contributed by atoms with Crippen molar-refractivity contribution >= 4 is 49.1 Å². The average molecular weight is 259 g/mol. The lowest BCUT2D eigenvalue weighted by atomic mass is 10.3. The first-order chi connectivity index (χ1) is 5.83. The first-order valence-corrected chi connectivity index (χ1v) is 6.37. The average Bonchev–Trinajstić information content (AvgIpc) is 2.40. The number of thioether (sulfide) groups is 1. The van der Waals surface area contributed by atoms with Crippen molar-refractivity contribution in [2.45, 2.75) is 4.90 Å². The van der Waals surface area contributed by atoms with Crippen molar-refractivity contribution in [1.29, 1.82) is 0 Å². The fourth-order valence-electron chi connectivity index (χ4n) is 1.18. The second-order valence-corrected chi connectivity index (χ2v) is 5.59. The van der Waals surface area contributed by atoms with Crippen LogP contribution in [0.5, 0.6) is 0 Å². The quantitative estimate of drug-likeness (QED) is 0.684. The van der Waals surface area contributed by atoms with Gasteiger partial charge >= 0.3 is 0 Å². The Balaban J connectivity index is 2.81. The Labute approximate surface area is 88.1 Å². The van der Waals surface area contributed by atoms with E-state index < -0.39 is 0 Å². The van der Waals surface area contributed by atoms with E-state index in [1.54, 1.807) is 23.1 Å². The highest BCUT2D eigenvalue weighted by atomic mass is 79.9. The Bertz CT molecular complexity index is 406. The zero-order chi connectivity index (χ0) is 8.55. The molecule has 12 heavy (non-hydrogen) atoms. The molecule has 2 rings (SSSR count). The molecule has 0 spiro atoms. The zero-order valence-electron chi connectivity index (χ0n) is 6.50. The summed E-state index contributed by atoms with van der Waals surface area (Å²) in [6.45, 7) is 0. The van der Waals surface area contributed by atoms with Gasteiger partial charge in [0.15, 0.2) is 0 Å². The molecule has 0 radical (unpaired) electrons. The van der Waals surface area contributed by atoms with Crippen LogP contribution in [0.25, 0.3) is 10.1 Å². The molecular weight excluding hydrogens is 252 g/mol. The van der Waals surface area contributed by atoms with Crippen molar-refractivity contribution in [3.63, 3.8) is 0 Å². The van der Waals surface area contributed by atoms with E-state index in [1.807, 2.05) is 0 Å². The van der Waals surface area contributed by atoms with Gasteiger partial charge in [0.1, 0.15) is 0 Å². The molecule has 0 nitrogen and oxygen atoms in total. The van der Waals surface area contributed by atoms with Gasteiger partial charge in [0.2, 0.25) is 0 Å². The maximum Gasteiger partial charge on any atom is 0.0846 e. The van der Waals surface area contributed by atoms with Crippen LogP contribution >= 0.6 is 39.0 Å². The van der Waals surface area contributed by atoms with Gasteiger partial charge in [-0.25, -0.2) is 0 Å². The van der Waals surface area contributed by atoms with Gasteiger partial charge in [-0.05, 0) is 28.3 Å². The van der Waals surface area contributed by atoms with Crippen molar-refractivity contribution in [1.82, 2.24) is 0 Å². The first kappa shape index (κ1) is 8.60. The SMILES string of the molecule is CSc1c(Br)sc2ccccc12. The molecule has 1 aromatic heterocycles. The molecule has 1 heterocycles. The summed E-state index contributed by atoms with van der Waals surface area (Å²) in [7, 11) is 0. The number of hydrogen-bond acceptors (Lipinski definition) is 2. The van der Waals surface area contributed by atoms with E-state index in [2.05, 4.69) is 46.5 Å². The van der Waals surface area contributed by atoms with Crippen molar-refractivity contribution in [3.05, 3.63) is 28.1 Å². The van der Waals surface area contributed by atoms with Crippen LogP contribution in [0.2, 0.25) is 0 Å². The number of benzene rings is 1. The highest BCUT2D eigenvalue weighted by Gasteiger charge is 2.07. The summed E-state index contributed by atoms with van der Waals surface area (Å²) in [4.78, 5) is 1.36. The van der Waals surface area contributed by atoms with Crippen LogP contribution in [0.3, 0.4) is 0 Å². The fraction of sp³-hybridized carbons (Fsp3) is 0.111. The number of hydrogen-bond donors (Lipinski definition) is 0. The predicted octanol–water partition coefficient (Wildman–Crippen LogP) is 4.39. The summed E-state index contributed by atoms with van der Waals surface area (Å²) in [6.07, 6.45) is 2.11. The van der Waals surface area contributed by atoms with Crippen LogP contribution in [0.1, 0.15) is 0 Å². The lowest BCUT2D eigenvalue weighted by Gasteiger charge is -1.92. The van der Waals surface area contributed by atoms with Crippen LogP contribution in [0, 0.1) is 0 Å². The first-order valence-electron chi connectivity index (χ1n) is 3.54. The Hall–Kier alpha value is 0.01000. The van der Waals surface area contributed by atoms with Gasteiger partial charge < -0.3 is 0 Å². The van der Waals surface area contributed by atoms with Gasteiger partial charge in [-0.2, -0.15) is 0 Å². The standard InChI is InChI=1S/C9H7BrS2/c1-11-8-6-4-2-3-5-7(6)12-9(8)10/h2-5H,1H3. The third-order valence-electron chi connectivity index (χ3n) is 1.71. The van der Waals surface area contributed by atoms with E-state index >= 15 is 0 Å². The highest BCUT2D eigenvalue weighted by molar-refractivity contribution is 9.11. The zero-order valence-corrected chi connectivity index (χ0v) is 9.72. The molecule has 1 aromatic carbocycles. The van der Waals surface area contributed by atoms with Gasteiger partial charge in [0.05, 0.1) is 3.79 Å². The molecule has 0 saturated carbocycles. The lowest BCUT2D eigenvalue weighted by molar-refractivity contribution is 1.62. The molecule has 0 aliphatic rings. The third kappa shape index (κ3) is 1.30. The molecular formula is C9H7BrS2. The minimum Gasteiger partial charge on any atom is -0.127 e. The Morgan fingerprint density at radius 2 is 2.08 bits per heavy atom. The third-order valence-corrected chi connectivity index (χ3v) is 4.78. The number of thiophene rings is 1. The van der Waals surface area contributed by atoms with Crippen LogP contribution in [-0.2, 0) is 0 Å².